The molecule has 3 rings (SSSR count). The van der Waals surface area contributed by atoms with Crippen LogP contribution >= 0.6 is 0 Å². The van der Waals surface area contributed by atoms with Gasteiger partial charge in [-0.15, -0.1) is 0 Å². The minimum absolute atomic E-state index is 0.0909. The molecule has 130 valence electrons. The summed E-state index contributed by atoms with van der Waals surface area (Å²) in [4.78, 5) is 4.54. The molecule has 0 spiro atoms. The SMILES string of the molecule is Cc1ccc(-c2noc(CS(=O)(=O)c3cc(C)c(C)cc3C)n2)cc1. The number of hydrogen-bond donors (Lipinski definition) is 0. The molecule has 0 N–H and O–H groups in total. The van der Waals surface area contributed by atoms with Crippen LogP contribution in [-0.2, 0) is 15.6 Å². The average molecular weight is 356 g/mol. The summed E-state index contributed by atoms with van der Waals surface area (Å²) in [7, 11) is -3.56. The van der Waals surface area contributed by atoms with Crippen LogP contribution < -0.4 is 0 Å². The standard InChI is InChI=1S/C19H20N2O3S/c1-12-5-7-16(8-6-12)19-20-18(24-21-19)11-25(22,23)17-10-14(3)13(2)9-15(17)4/h5-10H,11H2,1-4H3. The molecule has 0 saturated carbocycles. The highest BCUT2D eigenvalue weighted by atomic mass is 32.2. The Kier molecular flexibility index (Phi) is 4.47. The van der Waals surface area contributed by atoms with E-state index >= 15 is 0 Å². The largest absolute Gasteiger partial charge is 0.338 e. The Morgan fingerprint density at radius 2 is 1.56 bits per heavy atom. The first-order valence-electron chi connectivity index (χ1n) is 7.96. The molecule has 0 aliphatic carbocycles. The summed E-state index contributed by atoms with van der Waals surface area (Å²) in [5.74, 6) is 0.171. The number of hydrogen-bond acceptors (Lipinski definition) is 5. The van der Waals surface area contributed by atoms with Crippen LogP contribution in [0.25, 0.3) is 11.4 Å². The second-order valence-corrected chi connectivity index (χ2v) is 8.30. The minimum Gasteiger partial charge on any atom is -0.338 e. The fraction of sp³-hybridized carbons (Fsp3) is 0.263. The third kappa shape index (κ3) is 3.64. The van der Waals surface area contributed by atoms with Crippen molar-refractivity contribution in [3.63, 3.8) is 0 Å². The predicted molar refractivity (Wildman–Crippen MR) is 96.0 cm³/mol. The highest BCUT2D eigenvalue weighted by Crippen LogP contribution is 2.24. The minimum atomic E-state index is -3.56. The first-order valence-corrected chi connectivity index (χ1v) is 9.62. The van der Waals surface area contributed by atoms with Crippen molar-refractivity contribution in [3.8, 4) is 11.4 Å². The van der Waals surface area contributed by atoms with Crippen LogP contribution in [0.5, 0.6) is 0 Å². The maximum absolute atomic E-state index is 12.7. The lowest BCUT2D eigenvalue weighted by Gasteiger charge is -2.09. The molecule has 6 heteroatoms. The molecule has 1 aromatic heterocycles. The monoisotopic (exact) mass is 356 g/mol. The molecule has 0 amide bonds. The molecular weight excluding hydrogens is 336 g/mol. The first kappa shape index (κ1) is 17.4. The second kappa shape index (κ2) is 6.44. The molecule has 5 nitrogen and oxygen atoms in total. The van der Waals surface area contributed by atoms with E-state index in [4.69, 9.17) is 4.52 Å². The molecule has 25 heavy (non-hydrogen) atoms. The average Bonchev–Trinajstić information content (AvgIpc) is 2.99. The van der Waals surface area contributed by atoms with Crippen molar-refractivity contribution in [2.24, 2.45) is 0 Å². The van der Waals surface area contributed by atoms with E-state index in [1.807, 2.05) is 51.1 Å². The summed E-state index contributed by atoms with van der Waals surface area (Å²) in [5.41, 5.74) is 4.65. The number of benzene rings is 2. The van der Waals surface area contributed by atoms with E-state index in [1.54, 1.807) is 13.0 Å². The number of sulfone groups is 1. The van der Waals surface area contributed by atoms with Crippen LogP contribution in [0.15, 0.2) is 45.8 Å². The van der Waals surface area contributed by atoms with Crippen molar-refractivity contribution in [1.82, 2.24) is 10.1 Å². The van der Waals surface area contributed by atoms with Gasteiger partial charge in [-0.05, 0) is 50.5 Å². The van der Waals surface area contributed by atoms with E-state index in [-0.39, 0.29) is 11.6 Å². The van der Waals surface area contributed by atoms with Crippen molar-refractivity contribution >= 4 is 9.84 Å². The molecule has 0 radical (unpaired) electrons. The molecular formula is C19H20N2O3S. The summed E-state index contributed by atoms with van der Waals surface area (Å²) < 4.78 is 30.7. The Labute approximate surface area is 147 Å². The van der Waals surface area contributed by atoms with Gasteiger partial charge in [0.25, 0.3) is 0 Å². The van der Waals surface area contributed by atoms with Crippen LogP contribution in [0.3, 0.4) is 0 Å². The number of aromatic nitrogens is 2. The smallest absolute Gasteiger partial charge is 0.242 e. The van der Waals surface area contributed by atoms with Gasteiger partial charge < -0.3 is 4.52 Å². The Morgan fingerprint density at radius 1 is 0.920 bits per heavy atom. The van der Waals surface area contributed by atoms with Crippen molar-refractivity contribution in [3.05, 3.63) is 64.5 Å². The zero-order valence-corrected chi connectivity index (χ0v) is 15.5. The lowest BCUT2D eigenvalue weighted by Crippen LogP contribution is -2.08. The topological polar surface area (TPSA) is 73.1 Å². The molecule has 3 aromatic rings. The van der Waals surface area contributed by atoms with Crippen molar-refractivity contribution in [2.45, 2.75) is 38.3 Å². The van der Waals surface area contributed by atoms with Crippen LogP contribution in [0, 0.1) is 27.7 Å². The molecule has 2 aromatic carbocycles. The van der Waals surface area contributed by atoms with Gasteiger partial charge >= 0.3 is 0 Å². The van der Waals surface area contributed by atoms with Crippen molar-refractivity contribution in [2.75, 3.05) is 0 Å². The second-order valence-electron chi connectivity index (χ2n) is 6.34. The quantitative estimate of drug-likeness (QED) is 0.708. The van der Waals surface area contributed by atoms with Gasteiger partial charge in [-0.3, -0.25) is 0 Å². The van der Waals surface area contributed by atoms with Crippen LogP contribution in [-0.4, -0.2) is 18.6 Å². The maximum atomic E-state index is 12.7. The number of rotatable bonds is 4. The molecule has 1 heterocycles. The lowest BCUT2D eigenvalue weighted by atomic mass is 10.1. The predicted octanol–water partition coefficient (Wildman–Crippen LogP) is 3.94. The third-order valence-electron chi connectivity index (χ3n) is 4.22. The van der Waals surface area contributed by atoms with Crippen molar-refractivity contribution in [1.29, 1.82) is 0 Å². The van der Waals surface area contributed by atoms with E-state index < -0.39 is 9.84 Å². The summed E-state index contributed by atoms with van der Waals surface area (Å²) >= 11 is 0. The fourth-order valence-electron chi connectivity index (χ4n) is 2.64. The van der Waals surface area contributed by atoms with Gasteiger partial charge in [0, 0.05) is 5.56 Å². The molecule has 0 fully saturated rings. The summed E-state index contributed by atoms with van der Waals surface area (Å²) in [6.07, 6.45) is 0. The first-order chi connectivity index (χ1) is 11.8. The van der Waals surface area contributed by atoms with Crippen LogP contribution in [0.2, 0.25) is 0 Å². The van der Waals surface area contributed by atoms with Crippen molar-refractivity contribution < 1.29 is 12.9 Å². The Morgan fingerprint density at radius 3 is 2.24 bits per heavy atom. The number of nitrogens with zero attached hydrogens (tertiary/aromatic N) is 2. The highest BCUT2D eigenvalue weighted by molar-refractivity contribution is 7.90. The van der Waals surface area contributed by atoms with Crippen LogP contribution in [0.1, 0.15) is 28.1 Å². The number of aryl methyl sites for hydroxylation is 4. The molecule has 0 atom stereocenters. The van der Waals surface area contributed by atoms with Gasteiger partial charge in [0.05, 0.1) is 4.90 Å². The third-order valence-corrected chi connectivity index (χ3v) is 5.95. The van der Waals surface area contributed by atoms with E-state index in [1.165, 1.54) is 0 Å². The summed E-state index contributed by atoms with van der Waals surface area (Å²) in [6, 6.07) is 11.2. The van der Waals surface area contributed by atoms with Gasteiger partial charge in [-0.2, -0.15) is 4.98 Å². The van der Waals surface area contributed by atoms with E-state index in [2.05, 4.69) is 10.1 Å². The molecule has 0 saturated heterocycles. The van der Waals surface area contributed by atoms with Gasteiger partial charge in [0.15, 0.2) is 9.84 Å². The lowest BCUT2D eigenvalue weighted by molar-refractivity contribution is 0.389. The summed E-state index contributed by atoms with van der Waals surface area (Å²) in [5, 5.41) is 3.90. The van der Waals surface area contributed by atoms with E-state index in [0.29, 0.717) is 10.7 Å². The highest BCUT2D eigenvalue weighted by Gasteiger charge is 2.22. The molecule has 0 aliphatic heterocycles. The zero-order chi connectivity index (χ0) is 18.2. The van der Waals surface area contributed by atoms with Gasteiger partial charge in [0.1, 0.15) is 5.75 Å². The van der Waals surface area contributed by atoms with Gasteiger partial charge in [-0.25, -0.2) is 8.42 Å². The fourth-order valence-corrected chi connectivity index (χ4v) is 4.15. The molecule has 0 unspecified atom stereocenters. The Balaban J connectivity index is 1.89. The van der Waals surface area contributed by atoms with E-state index in [9.17, 15) is 8.42 Å². The molecule has 0 aliphatic rings. The molecule has 0 bridgehead atoms. The van der Waals surface area contributed by atoms with Gasteiger partial charge in [0.2, 0.25) is 11.7 Å². The van der Waals surface area contributed by atoms with Gasteiger partial charge in [-0.1, -0.05) is 41.1 Å². The Hall–Kier alpha value is -2.47. The van der Waals surface area contributed by atoms with E-state index in [0.717, 1.165) is 27.8 Å². The Bertz CT molecular complexity index is 1020. The van der Waals surface area contributed by atoms with Crippen LogP contribution in [0.4, 0.5) is 0 Å². The maximum Gasteiger partial charge on any atom is 0.242 e. The normalized spacial score (nSPS) is 11.7. The summed E-state index contributed by atoms with van der Waals surface area (Å²) in [6.45, 7) is 7.65. The zero-order valence-electron chi connectivity index (χ0n) is 14.7.